The maximum Gasteiger partial charge on any atom is 0.164 e. The molecule has 0 aliphatic heterocycles. The van der Waals surface area contributed by atoms with Gasteiger partial charge in [0.25, 0.3) is 0 Å². The lowest BCUT2D eigenvalue weighted by molar-refractivity contribution is 1.08. The van der Waals surface area contributed by atoms with Crippen molar-refractivity contribution in [2.45, 2.75) is 0 Å². The number of fused-ring (bicyclic) bond motifs is 5. The van der Waals surface area contributed by atoms with Crippen LogP contribution < -0.4 is 0 Å². The van der Waals surface area contributed by atoms with Crippen LogP contribution in [0, 0.1) is 0 Å². The van der Waals surface area contributed by atoms with Gasteiger partial charge >= 0.3 is 0 Å². The first kappa shape index (κ1) is 23.7. The quantitative estimate of drug-likeness (QED) is 0.222. The monoisotopic (exact) mass is 541 g/mol. The molecule has 0 amide bonds. The van der Waals surface area contributed by atoms with Crippen LogP contribution in [-0.2, 0) is 0 Å². The van der Waals surface area contributed by atoms with E-state index in [2.05, 4.69) is 103 Å². The summed E-state index contributed by atoms with van der Waals surface area (Å²) in [5.41, 5.74) is 5.29. The van der Waals surface area contributed by atoms with Crippen LogP contribution >= 0.6 is 11.3 Å². The van der Waals surface area contributed by atoms with E-state index in [4.69, 9.17) is 15.0 Å². The Hall–Kier alpha value is -5.19. The van der Waals surface area contributed by atoms with Gasteiger partial charge in [0.1, 0.15) is 0 Å². The van der Waals surface area contributed by atoms with Crippen molar-refractivity contribution < 1.29 is 0 Å². The van der Waals surface area contributed by atoms with E-state index in [9.17, 15) is 0 Å². The minimum atomic E-state index is 0.662. The highest BCUT2D eigenvalue weighted by Crippen LogP contribution is 2.42. The summed E-state index contributed by atoms with van der Waals surface area (Å²) in [6.07, 6.45) is 0. The van der Waals surface area contributed by atoms with Gasteiger partial charge in [0.2, 0.25) is 0 Å². The molecule has 192 valence electrons. The molecular formula is C37H23N3S. The van der Waals surface area contributed by atoms with Crippen LogP contribution in [0.3, 0.4) is 0 Å². The predicted octanol–water partition coefficient (Wildman–Crippen LogP) is 10.1. The second kappa shape index (κ2) is 9.77. The van der Waals surface area contributed by atoms with Gasteiger partial charge in [0.15, 0.2) is 17.5 Å². The second-order valence-electron chi connectivity index (χ2n) is 10.1. The van der Waals surface area contributed by atoms with E-state index in [0.29, 0.717) is 17.5 Å². The molecule has 8 aromatic rings. The van der Waals surface area contributed by atoms with E-state index in [0.717, 1.165) is 22.3 Å². The Kier molecular flexibility index (Phi) is 5.64. The summed E-state index contributed by atoms with van der Waals surface area (Å²) in [5.74, 6) is 2.01. The van der Waals surface area contributed by atoms with Gasteiger partial charge in [-0.25, -0.2) is 15.0 Å². The average molecular weight is 542 g/mol. The lowest BCUT2D eigenvalue weighted by atomic mass is 10.0. The Bertz CT molecular complexity index is 2180. The van der Waals surface area contributed by atoms with Crippen LogP contribution in [-0.4, -0.2) is 15.0 Å². The third-order valence-electron chi connectivity index (χ3n) is 7.55. The Morgan fingerprint density at radius 2 is 0.976 bits per heavy atom. The Balaban J connectivity index is 1.34. The molecule has 41 heavy (non-hydrogen) atoms. The topological polar surface area (TPSA) is 38.7 Å². The first-order valence-corrected chi connectivity index (χ1v) is 14.4. The SMILES string of the molecule is c1ccc(-c2ccc(-c3nc(-c4ccccc4)nc(-c4cccc5sc6c7ccccc7ccc6c45)n3)cc2)cc1. The molecule has 0 bridgehead atoms. The van der Waals surface area contributed by atoms with Crippen molar-refractivity contribution in [1.29, 1.82) is 0 Å². The summed E-state index contributed by atoms with van der Waals surface area (Å²) in [7, 11) is 0. The Labute approximate surface area is 241 Å². The van der Waals surface area contributed by atoms with Crippen molar-refractivity contribution >= 4 is 42.3 Å². The fourth-order valence-corrected chi connectivity index (χ4v) is 6.79. The number of nitrogens with zero attached hydrogens (tertiary/aromatic N) is 3. The fraction of sp³-hybridized carbons (Fsp3) is 0. The molecule has 0 aliphatic rings. The van der Waals surface area contributed by atoms with Gasteiger partial charge in [-0.3, -0.25) is 0 Å². The first-order chi connectivity index (χ1) is 20.3. The average Bonchev–Trinajstić information content (AvgIpc) is 3.45. The maximum atomic E-state index is 5.08. The molecule has 0 saturated heterocycles. The van der Waals surface area contributed by atoms with Crippen molar-refractivity contribution in [2.75, 3.05) is 0 Å². The predicted molar refractivity (Wildman–Crippen MR) is 172 cm³/mol. The van der Waals surface area contributed by atoms with Crippen molar-refractivity contribution in [1.82, 2.24) is 15.0 Å². The summed E-state index contributed by atoms with van der Waals surface area (Å²) >= 11 is 1.83. The molecule has 0 radical (unpaired) electrons. The highest BCUT2D eigenvalue weighted by atomic mass is 32.1. The molecule has 0 N–H and O–H groups in total. The summed E-state index contributed by atoms with van der Waals surface area (Å²) in [6.45, 7) is 0. The molecule has 8 rings (SSSR count). The number of hydrogen-bond donors (Lipinski definition) is 0. The lowest BCUT2D eigenvalue weighted by Crippen LogP contribution is -2.00. The molecule has 3 nitrogen and oxygen atoms in total. The summed E-state index contributed by atoms with van der Waals surface area (Å²) in [6, 6.07) is 48.5. The molecule has 2 heterocycles. The fourth-order valence-electron chi connectivity index (χ4n) is 5.52. The molecule has 2 aromatic heterocycles. The highest BCUT2D eigenvalue weighted by Gasteiger charge is 2.17. The van der Waals surface area contributed by atoms with E-state index < -0.39 is 0 Å². The molecule has 0 aliphatic carbocycles. The zero-order valence-corrected chi connectivity index (χ0v) is 22.8. The summed E-state index contributed by atoms with van der Waals surface area (Å²) < 4.78 is 2.52. The van der Waals surface area contributed by atoms with Crippen molar-refractivity contribution in [2.24, 2.45) is 0 Å². The number of rotatable bonds is 4. The largest absolute Gasteiger partial charge is 0.208 e. The van der Waals surface area contributed by atoms with Crippen molar-refractivity contribution in [3.63, 3.8) is 0 Å². The zero-order chi connectivity index (χ0) is 27.2. The molecule has 0 fully saturated rings. The third kappa shape index (κ3) is 4.17. The normalized spacial score (nSPS) is 11.4. The number of thiophene rings is 1. The molecule has 0 spiro atoms. The van der Waals surface area contributed by atoms with Crippen LogP contribution in [0.1, 0.15) is 0 Å². The Morgan fingerprint density at radius 1 is 0.390 bits per heavy atom. The van der Waals surface area contributed by atoms with Gasteiger partial charge < -0.3 is 0 Å². The lowest BCUT2D eigenvalue weighted by Gasteiger charge is -2.10. The van der Waals surface area contributed by atoms with Gasteiger partial charge in [0, 0.05) is 36.9 Å². The Morgan fingerprint density at radius 3 is 1.73 bits per heavy atom. The van der Waals surface area contributed by atoms with E-state index in [-0.39, 0.29) is 0 Å². The molecule has 0 atom stereocenters. The molecular weight excluding hydrogens is 518 g/mol. The van der Waals surface area contributed by atoms with Crippen LogP contribution in [0.5, 0.6) is 0 Å². The van der Waals surface area contributed by atoms with E-state index in [1.54, 1.807) is 0 Å². The van der Waals surface area contributed by atoms with Crippen molar-refractivity contribution in [3.8, 4) is 45.3 Å². The van der Waals surface area contributed by atoms with Crippen LogP contribution in [0.4, 0.5) is 0 Å². The first-order valence-electron chi connectivity index (χ1n) is 13.6. The zero-order valence-electron chi connectivity index (χ0n) is 22.0. The van der Waals surface area contributed by atoms with Crippen molar-refractivity contribution in [3.05, 3.63) is 140 Å². The van der Waals surface area contributed by atoms with Gasteiger partial charge in [0.05, 0.1) is 0 Å². The van der Waals surface area contributed by atoms with Gasteiger partial charge in [-0.15, -0.1) is 11.3 Å². The maximum absolute atomic E-state index is 5.08. The molecule has 0 unspecified atom stereocenters. The minimum Gasteiger partial charge on any atom is -0.208 e. The van der Waals surface area contributed by atoms with Gasteiger partial charge in [-0.05, 0) is 28.0 Å². The molecule has 6 aromatic carbocycles. The van der Waals surface area contributed by atoms with Crippen LogP contribution in [0.15, 0.2) is 140 Å². The highest BCUT2D eigenvalue weighted by molar-refractivity contribution is 7.26. The number of benzene rings is 6. The van der Waals surface area contributed by atoms with E-state index in [1.807, 2.05) is 47.7 Å². The summed E-state index contributed by atoms with van der Waals surface area (Å²) in [5, 5.41) is 4.95. The van der Waals surface area contributed by atoms with E-state index in [1.165, 1.54) is 36.5 Å². The summed E-state index contributed by atoms with van der Waals surface area (Å²) in [4.78, 5) is 15.1. The standard InChI is InChI=1S/C37H23N3S/c1-3-10-24(11-4-1)25-18-20-28(21-19-25)36-38-35(27-13-5-2-6-14-27)39-37(40-36)31-16-9-17-32-33(31)30-23-22-26-12-7-8-15-29(26)34(30)41-32/h1-23H. The van der Waals surface area contributed by atoms with Gasteiger partial charge in [-0.2, -0.15) is 0 Å². The smallest absolute Gasteiger partial charge is 0.164 e. The second-order valence-corrected chi connectivity index (χ2v) is 11.1. The van der Waals surface area contributed by atoms with E-state index >= 15 is 0 Å². The van der Waals surface area contributed by atoms with Crippen LogP contribution in [0.2, 0.25) is 0 Å². The third-order valence-corrected chi connectivity index (χ3v) is 8.75. The number of aromatic nitrogens is 3. The molecule has 4 heteroatoms. The molecule has 0 saturated carbocycles. The van der Waals surface area contributed by atoms with Gasteiger partial charge in [-0.1, -0.05) is 133 Å². The van der Waals surface area contributed by atoms with Crippen LogP contribution in [0.25, 0.3) is 76.2 Å². The number of hydrogen-bond acceptors (Lipinski definition) is 4. The minimum absolute atomic E-state index is 0.662.